The van der Waals surface area contributed by atoms with Crippen molar-refractivity contribution in [1.29, 1.82) is 0 Å². The smallest absolute Gasteiger partial charge is 0.248 e. The van der Waals surface area contributed by atoms with Crippen LogP contribution in [0.15, 0.2) is 29.6 Å². The van der Waals surface area contributed by atoms with Gasteiger partial charge in [-0.15, -0.1) is 11.3 Å². The highest BCUT2D eigenvalue weighted by atomic mass is 32.1. The van der Waals surface area contributed by atoms with E-state index in [1.165, 1.54) is 11.3 Å². The fourth-order valence-corrected chi connectivity index (χ4v) is 4.69. The maximum atomic E-state index is 13.0. The van der Waals surface area contributed by atoms with Crippen LogP contribution in [0.25, 0.3) is 11.3 Å². The van der Waals surface area contributed by atoms with E-state index in [0.717, 1.165) is 62.2 Å². The Morgan fingerprint density at radius 3 is 2.53 bits per heavy atom. The Bertz CT molecular complexity index is 954. The van der Waals surface area contributed by atoms with Crippen LogP contribution < -0.4 is 15.4 Å². The summed E-state index contributed by atoms with van der Waals surface area (Å²) in [5.41, 5.74) is 1.69. The third-order valence-corrected chi connectivity index (χ3v) is 6.62. The van der Waals surface area contributed by atoms with Gasteiger partial charge in [0.15, 0.2) is 5.13 Å². The summed E-state index contributed by atoms with van der Waals surface area (Å²) in [6.07, 6.45) is 5.66. The zero-order chi connectivity index (χ0) is 24.3. The number of rotatable bonds is 13. The minimum absolute atomic E-state index is 0.135. The number of likely N-dealkylation sites (tertiary alicyclic amines) is 1. The van der Waals surface area contributed by atoms with Crippen LogP contribution in [0, 0.1) is 0 Å². The molecule has 34 heavy (non-hydrogen) atoms. The molecule has 1 aromatic heterocycles. The molecule has 1 aliphatic heterocycles. The molecule has 1 fully saturated rings. The number of hydrogen-bond acceptors (Lipinski definition) is 7. The molecule has 0 aliphatic carbocycles. The van der Waals surface area contributed by atoms with Crippen molar-refractivity contribution >= 4 is 34.1 Å². The summed E-state index contributed by atoms with van der Waals surface area (Å²) in [6, 6.07) is 6.93. The van der Waals surface area contributed by atoms with Crippen molar-refractivity contribution in [2.45, 2.75) is 57.9 Å². The molecule has 0 spiro atoms. The molecule has 1 aliphatic rings. The summed E-state index contributed by atoms with van der Waals surface area (Å²) in [6.45, 7) is 3.74. The molecule has 2 aromatic rings. The standard InChI is InChI=1S/C25H34N4O4S/c1-18(30)8-4-3-5-9-21(26-23(31)16-29-14-6-7-15-29)24(32)28-25-27-22(17-34-25)19-10-12-20(33-2)13-11-19/h10-13,17,21H,3-9,14-16H2,1-2H3,(H,26,31)(H,27,28,32)/t21-/m0/s1. The molecule has 2 heterocycles. The van der Waals surface area contributed by atoms with Gasteiger partial charge in [0.25, 0.3) is 0 Å². The molecule has 9 heteroatoms. The van der Waals surface area contributed by atoms with Crippen molar-refractivity contribution < 1.29 is 19.1 Å². The summed E-state index contributed by atoms with van der Waals surface area (Å²) < 4.78 is 5.19. The first kappa shape index (κ1) is 25.8. The van der Waals surface area contributed by atoms with E-state index in [4.69, 9.17) is 4.74 Å². The van der Waals surface area contributed by atoms with Crippen LogP contribution in [0.3, 0.4) is 0 Å². The van der Waals surface area contributed by atoms with Crippen molar-refractivity contribution in [3.63, 3.8) is 0 Å². The largest absolute Gasteiger partial charge is 0.497 e. The van der Waals surface area contributed by atoms with Crippen LogP contribution in [0.2, 0.25) is 0 Å². The number of amides is 2. The molecular weight excluding hydrogens is 452 g/mol. The summed E-state index contributed by atoms with van der Waals surface area (Å²) >= 11 is 1.35. The van der Waals surface area contributed by atoms with E-state index >= 15 is 0 Å². The van der Waals surface area contributed by atoms with Crippen LogP contribution in [-0.4, -0.2) is 60.3 Å². The van der Waals surface area contributed by atoms with E-state index in [1.54, 1.807) is 14.0 Å². The van der Waals surface area contributed by atoms with Crippen LogP contribution in [0.1, 0.15) is 51.9 Å². The Morgan fingerprint density at radius 2 is 1.85 bits per heavy atom. The summed E-state index contributed by atoms with van der Waals surface area (Å²) in [4.78, 5) is 43.4. The van der Waals surface area contributed by atoms with Crippen molar-refractivity contribution in [3.8, 4) is 17.0 Å². The second-order valence-electron chi connectivity index (χ2n) is 8.66. The number of unbranched alkanes of at least 4 members (excludes halogenated alkanes) is 2. The Hall–Kier alpha value is -2.78. The SMILES string of the molecule is COc1ccc(-c2csc(NC(=O)[C@H](CCCCCC(C)=O)NC(=O)CN3CCCC3)n2)cc1. The number of nitrogens with zero attached hydrogens (tertiary/aromatic N) is 2. The first-order chi connectivity index (χ1) is 16.4. The van der Waals surface area contributed by atoms with Gasteiger partial charge in [0, 0.05) is 17.4 Å². The molecule has 2 amide bonds. The minimum Gasteiger partial charge on any atom is -0.497 e. The quantitative estimate of drug-likeness (QED) is 0.417. The molecule has 1 aromatic carbocycles. The number of Topliss-reactive ketones (excluding diaryl/α,β-unsaturated/α-hetero) is 1. The van der Waals surface area contributed by atoms with Crippen molar-refractivity contribution in [1.82, 2.24) is 15.2 Å². The van der Waals surface area contributed by atoms with Crippen LogP contribution in [-0.2, 0) is 14.4 Å². The van der Waals surface area contributed by atoms with Gasteiger partial charge in [0.2, 0.25) is 11.8 Å². The van der Waals surface area contributed by atoms with E-state index < -0.39 is 6.04 Å². The van der Waals surface area contributed by atoms with Crippen LogP contribution in [0.5, 0.6) is 5.75 Å². The summed E-state index contributed by atoms with van der Waals surface area (Å²) in [7, 11) is 1.62. The van der Waals surface area contributed by atoms with Crippen molar-refractivity contribution in [2.75, 3.05) is 32.1 Å². The molecule has 0 radical (unpaired) electrons. The zero-order valence-corrected chi connectivity index (χ0v) is 20.8. The third-order valence-electron chi connectivity index (χ3n) is 5.86. The Labute approximate surface area is 205 Å². The van der Waals surface area contributed by atoms with E-state index in [1.807, 2.05) is 29.6 Å². The lowest BCUT2D eigenvalue weighted by atomic mass is 10.1. The lowest BCUT2D eigenvalue weighted by molar-refractivity contribution is -0.127. The summed E-state index contributed by atoms with van der Waals surface area (Å²) in [5, 5.41) is 8.17. The number of ketones is 1. The third kappa shape index (κ3) is 8.22. The Kier molecular flexibility index (Phi) is 10.0. The molecule has 184 valence electrons. The highest BCUT2D eigenvalue weighted by Crippen LogP contribution is 2.26. The number of nitrogens with one attached hydrogen (secondary N) is 2. The van der Waals surface area contributed by atoms with E-state index in [0.29, 0.717) is 24.5 Å². The molecule has 0 bridgehead atoms. The monoisotopic (exact) mass is 486 g/mol. The molecule has 0 unspecified atom stereocenters. The zero-order valence-electron chi connectivity index (χ0n) is 20.0. The predicted molar refractivity (Wildman–Crippen MR) is 134 cm³/mol. The molecule has 2 N–H and O–H groups in total. The van der Waals surface area contributed by atoms with Crippen molar-refractivity contribution in [2.24, 2.45) is 0 Å². The van der Waals surface area contributed by atoms with Gasteiger partial charge in [-0.05, 0) is 70.0 Å². The van der Waals surface area contributed by atoms with Gasteiger partial charge in [-0.2, -0.15) is 0 Å². The Morgan fingerprint density at radius 1 is 1.12 bits per heavy atom. The second kappa shape index (κ2) is 13.2. The number of methoxy groups -OCH3 is 1. The number of thiazole rings is 1. The van der Waals surface area contributed by atoms with E-state index in [9.17, 15) is 14.4 Å². The second-order valence-corrected chi connectivity index (χ2v) is 9.52. The fraction of sp³-hybridized carbons (Fsp3) is 0.520. The fourth-order valence-electron chi connectivity index (χ4n) is 3.97. The van der Waals surface area contributed by atoms with Gasteiger partial charge in [-0.3, -0.25) is 14.5 Å². The highest BCUT2D eigenvalue weighted by molar-refractivity contribution is 7.14. The van der Waals surface area contributed by atoms with Gasteiger partial charge in [-0.25, -0.2) is 4.98 Å². The lowest BCUT2D eigenvalue weighted by Gasteiger charge is -2.20. The number of ether oxygens (including phenoxy) is 1. The first-order valence-electron chi connectivity index (χ1n) is 11.9. The van der Waals surface area contributed by atoms with Gasteiger partial charge in [0.1, 0.15) is 17.6 Å². The average Bonchev–Trinajstić information content (AvgIpc) is 3.50. The normalized spacial score (nSPS) is 14.5. The first-order valence-corrected chi connectivity index (χ1v) is 12.7. The lowest BCUT2D eigenvalue weighted by Crippen LogP contribution is -2.47. The molecule has 1 saturated heterocycles. The van der Waals surface area contributed by atoms with Gasteiger partial charge >= 0.3 is 0 Å². The average molecular weight is 487 g/mol. The minimum atomic E-state index is -0.638. The number of carbonyl (C=O) groups excluding carboxylic acids is 3. The number of anilines is 1. The van der Waals surface area contributed by atoms with Crippen LogP contribution >= 0.6 is 11.3 Å². The number of carbonyl (C=O) groups is 3. The summed E-state index contributed by atoms with van der Waals surface area (Å²) in [5.74, 6) is 0.536. The molecule has 0 saturated carbocycles. The molecule has 3 rings (SSSR count). The van der Waals surface area contributed by atoms with E-state index in [2.05, 4.69) is 20.5 Å². The maximum absolute atomic E-state index is 13.0. The highest BCUT2D eigenvalue weighted by Gasteiger charge is 2.23. The molecule has 8 nitrogen and oxygen atoms in total. The van der Waals surface area contributed by atoms with Crippen molar-refractivity contribution in [3.05, 3.63) is 29.6 Å². The van der Waals surface area contributed by atoms with Gasteiger partial charge in [0.05, 0.1) is 19.3 Å². The van der Waals surface area contributed by atoms with Gasteiger partial charge < -0.3 is 20.2 Å². The van der Waals surface area contributed by atoms with Gasteiger partial charge in [-0.1, -0.05) is 12.8 Å². The maximum Gasteiger partial charge on any atom is 0.248 e. The number of hydrogen-bond donors (Lipinski definition) is 2. The Balaban J connectivity index is 1.59. The molecule has 1 atom stereocenters. The topological polar surface area (TPSA) is 101 Å². The number of aromatic nitrogens is 1. The van der Waals surface area contributed by atoms with Crippen LogP contribution in [0.4, 0.5) is 5.13 Å². The predicted octanol–water partition coefficient (Wildman–Crippen LogP) is 3.88. The number of benzene rings is 1. The molecular formula is C25H34N4O4S. The van der Waals surface area contributed by atoms with E-state index in [-0.39, 0.29) is 17.6 Å².